The van der Waals surface area contributed by atoms with Crippen LogP contribution in [0.5, 0.6) is 0 Å². The fourth-order valence-corrected chi connectivity index (χ4v) is 1.14. The summed E-state index contributed by atoms with van der Waals surface area (Å²) >= 11 is 0. The van der Waals surface area contributed by atoms with Crippen LogP contribution in [0.15, 0.2) is 12.1 Å². The number of rotatable bonds is 3. The smallest absolute Gasteiger partial charge is 0.152 e. The van der Waals surface area contributed by atoms with Crippen LogP contribution in [0.2, 0.25) is 0 Å². The zero-order valence-electron chi connectivity index (χ0n) is 9.01. The standard InChI is InChI=1S/C11H15F2NO/c1-6-4-5-9(12)11(10(6)13)14-7(2)8(3)15/h4-5,7-8,14-15H,1-3H3. The van der Waals surface area contributed by atoms with Crippen LogP contribution in [0.3, 0.4) is 0 Å². The summed E-state index contributed by atoms with van der Waals surface area (Å²) in [5, 5.41) is 11.8. The zero-order valence-corrected chi connectivity index (χ0v) is 9.01. The highest BCUT2D eigenvalue weighted by atomic mass is 19.1. The van der Waals surface area contributed by atoms with E-state index >= 15 is 0 Å². The van der Waals surface area contributed by atoms with Crippen LogP contribution in [-0.4, -0.2) is 17.3 Å². The zero-order chi connectivity index (χ0) is 11.6. The van der Waals surface area contributed by atoms with Gasteiger partial charge >= 0.3 is 0 Å². The normalized spacial score (nSPS) is 14.8. The maximum absolute atomic E-state index is 13.5. The van der Waals surface area contributed by atoms with Crippen molar-refractivity contribution in [1.82, 2.24) is 0 Å². The molecule has 2 nitrogen and oxygen atoms in total. The number of hydrogen-bond donors (Lipinski definition) is 2. The molecule has 15 heavy (non-hydrogen) atoms. The number of nitrogens with one attached hydrogen (secondary N) is 1. The second-order valence-corrected chi connectivity index (χ2v) is 3.73. The van der Waals surface area contributed by atoms with Gasteiger partial charge in [0, 0.05) is 6.04 Å². The van der Waals surface area contributed by atoms with Crippen LogP contribution in [0.4, 0.5) is 14.5 Å². The third kappa shape index (κ3) is 2.65. The lowest BCUT2D eigenvalue weighted by atomic mass is 10.1. The van der Waals surface area contributed by atoms with Crippen molar-refractivity contribution >= 4 is 5.69 Å². The number of aliphatic hydroxyl groups is 1. The quantitative estimate of drug-likeness (QED) is 0.811. The van der Waals surface area contributed by atoms with Crippen LogP contribution in [-0.2, 0) is 0 Å². The van der Waals surface area contributed by atoms with E-state index in [4.69, 9.17) is 0 Å². The summed E-state index contributed by atoms with van der Waals surface area (Å²) in [5.41, 5.74) is 0.195. The maximum Gasteiger partial charge on any atom is 0.152 e. The molecule has 2 atom stereocenters. The molecule has 0 aromatic heterocycles. The third-order valence-corrected chi connectivity index (χ3v) is 2.38. The molecule has 0 radical (unpaired) electrons. The van der Waals surface area contributed by atoms with Crippen molar-refractivity contribution in [3.05, 3.63) is 29.3 Å². The number of hydrogen-bond acceptors (Lipinski definition) is 2. The van der Waals surface area contributed by atoms with E-state index in [9.17, 15) is 13.9 Å². The Morgan fingerprint density at radius 1 is 1.27 bits per heavy atom. The van der Waals surface area contributed by atoms with Gasteiger partial charge in [0.25, 0.3) is 0 Å². The number of benzene rings is 1. The van der Waals surface area contributed by atoms with Gasteiger partial charge in [-0.1, -0.05) is 6.07 Å². The van der Waals surface area contributed by atoms with Crippen molar-refractivity contribution in [3.8, 4) is 0 Å². The summed E-state index contributed by atoms with van der Waals surface area (Å²) in [4.78, 5) is 0. The molecule has 0 heterocycles. The Bertz CT molecular complexity index is 353. The predicted molar refractivity (Wildman–Crippen MR) is 55.9 cm³/mol. The Balaban J connectivity index is 2.98. The molecular weight excluding hydrogens is 200 g/mol. The largest absolute Gasteiger partial charge is 0.391 e. The Labute approximate surface area is 87.9 Å². The lowest BCUT2D eigenvalue weighted by Gasteiger charge is -2.19. The van der Waals surface area contributed by atoms with E-state index in [0.29, 0.717) is 5.56 Å². The predicted octanol–water partition coefficient (Wildman–Crippen LogP) is 2.45. The molecule has 1 rings (SSSR count). The van der Waals surface area contributed by atoms with E-state index in [1.807, 2.05) is 0 Å². The molecule has 0 spiro atoms. The summed E-state index contributed by atoms with van der Waals surface area (Å²) in [6, 6.07) is 2.18. The molecule has 2 unspecified atom stereocenters. The van der Waals surface area contributed by atoms with Crippen molar-refractivity contribution in [1.29, 1.82) is 0 Å². The van der Waals surface area contributed by atoms with Crippen molar-refractivity contribution in [3.63, 3.8) is 0 Å². The van der Waals surface area contributed by atoms with Gasteiger partial charge in [0.15, 0.2) is 5.82 Å². The molecule has 0 bridgehead atoms. The minimum absolute atomic E-state index is 0.177. The average Bonchev–Trinajstić information content (AvgIpc) is 2.18. The van der Waals surface area contributed by atoms with E-state index < -0.39 is 23.8 Å². The lowest BCUT2D eigenvalue weighted by Crippen LogP contribution is -2.28. The highest BCUT2D eigenvalue weighted by molar-refractivity contribution is 5.49. The van der Waals surface area contributed by atoms with Crippen LogP contribution in [0, 0.1) is 18.6 Å². The molecular formula is C11H15F2NO. The fraction of sp³-hybridized carbons (Fsp3) is 0.455. The van der Waals surface area contributed by atoms with E-state index in [0.717, 1.165) is 0 Å². The van der Waals surface area contributed by atoms with Gasteiger partial charge in [-0.25, -0.2) is 8.78 Å². The van der Waals surface area contributed by atoms with E-state index in [1.165, 1.54) is 12.1 Å². The molecule has 0 saturated carbocycles. The first-order chi connectivity index (χ1) is 6.93. The van der Waals surface area contributed by atoms with Crippen LogP contribution >= 0.6 is 0 Å². The summed E-state index contributed by atoms with van der Waals surface area (Å²) in [6.07, 6.45) is -0.677. The van der Waals surface area contributed by atoms with E-state index in [1.54, 1.807) is 20.8 Å². The van der Waals surface area contributed by atoms with Crippen LogP contribution in [0.25, 0.3) is 0 Å². The van der Waals surface area contributed by atoms with Gasteiger partial charge in [0.05, 0.1) is 6.10 Å². The van der Waals surface area contributed by atoms with Gasteiger partial charge in [-0.05, 0) is 32.4 Å². The topological polar surface area (TPSA) is 32.3 Å². The second-order valence-electron chi connectivity index (χ2n) is 3.73. The highest BCUT2D eigenvalue weighted by Gasteiger charge is 2.15. The number of aliphatic hydroxyl groups excluding tert-OH is 1. The van der Waals surface area contributed by atoms with Gasteiger partial charge < -0.3 is 10.4 Å². The minimum atomic E-state index is -0.677. The van der Waals surface area contributed by atoms with Crippen molar-refractivity contribution in [2.75, 3.05) is 5.32 Å². The van der Waals surface area contributed by atoms with Crippen LogP contribution in [0.1, 0.15) is 19.4 Å². The lowest BCUT2D eigenvalue weighted by molar-refractivity contribution is 0.177. The second kappa shape index (κ2) is 4.57. The van der Waals surface area contributed by atoms with E-state index in [-0.39, 0.29) is 5.69 Å². The average molecular weight is 215 g/mol. The molecule has 0 fully saturated rings. The number of aryl methyl sites for hydroxylation is 1. The molecule has 0 aliphatic heterocycles. The highest BCUT2D eigenvalue weighted by Crippen LogP contribution is 2.22. The van der Waals surface area contributed by atoms with Gasteiger partial charge in [0.1, 0.15) is 11.5 Å². The SMILES string of the molecule is Cc1ccc(F)c(NC(C)C(C)O)c1F. The monoisotopic (exact) mass is 215 g/mol. The Kier molecular flexibility index (Phi) is 3.63. The van der Waals surface area contributed by atoms with Crippen molar-refractivity contribution in [2.24, 2.45) is 0 Å². The maximum atomic E-state index is 13.5. The summed E-state index contributed by atoms with van der Waals surface area (Å²) in [6.45, 7) is 4.78. The summed E-state index contributed by atoms with van der Waals surface area (Å²) in [5.74, 6) is -1.26. The molecule has 0 aliphatic carbocycles. The van der Waals surface area contributed by atoms with Gasteiger partial charge in [-0.2, -0.15) is 0 Å². The first-order valence-corrected chi connectivity index (χ1v) is 4.82. The van der Waals surface area contributed by atoms with E-state index in [2.05, 4.69) is 5.32 Å². The molecule has 0 saturated heterocycles. The van der Waals surface area contributed by atoms with Crippen molar-refractivity contribution < 1.29 is 13.9 Å². The van der Waals surface area contributed by atoms with Gasteiger partial charge in [0.2, 0.25) is 0 Å². The molecule has 0 aliphatic rings. The Morgan fingerprint density at radius 3 is 2.40 bits per heavy atom. The molecule has 84 valence electrons. The van der Waals surface area contributed by atoms with Gasteiger partial charge in [-0.15, -0.1) is 0 Å². The minimum Gasteiger partial charge on any atom is -0.391 e. The van der Waals surface area contributed by atoms with Crippen molar-refractivity contribution in [2.45, 2.75) is 32.9 Å². The molecule has 0 amide bonds. The number of anilines is 1. The first-order valence-electron chi connectivity index (χ1n) is 4.82. The third-order valence-electron chi connectivity index (χ3n) is 2.38. The Hall–Kier alpha value is -1.16. The molecule has 4 heteroatoms. The summed E-state index contributed by atoms with van der Waals surface area (Å²) < 4.78 is 26.8. The Morgan fingerprint density at radius 2 is 1.87 bits per heavy atom. The molecule has 1 aromatic rings. The fourth-order valence-electron chi connectivity index (χ4n) is 1.14. The first kappa shape index (κ1) is 11.9. The molecule has 1 aromatic carbocycles. The summed E-state index contributed by atoms with van der Waals surface area (Å²) in [7, 11) is 0. The van der Waals surface area contributed by atoms with Crippen LogP contribution < -0.4 is 5.32 Å². The molecule has 2 N–H and O–H groups in total. The van der Waals surface area contributed by atoms with Gasteiger partial charge in [-0.3, -0.25) is 0 Å². The number of halogens is 2.